The number of aliphatic hydroxyl groups is 1. The van der Waals surface area contributed by atoms with Gasteiger partial charge in [-0.15, -0.1) is 11.6 Å². The van der Waals surface area contributed by atoms with Crippen molar-refractivity contribution >= 4 is 17.6 Å². The van der Waals surface area contributed by atoms with Crippen LogP contribution in [0.25, 0.3) is 0 Å². The lowest BCUT2D eigenvalue weighted by molar-refractivity contribution is -0.151. The lowest BCUT2D eigenvalue weighted by Gasteiger charge is -2.20. The number of rotatable bonds is 10. The second-order valence-corrected chi connectivity index (χ2v) is 4.94. The molecule has 0 heterocycles. The van der Waals surface area contributed by atoms with Gasteiger partial charge in [0.25, 0.3) is 0 Å². The van der Waals surface area contributed by atoms with Crippen LogP contribution in [0.4, 0.5) is 0 Å². The first-order valence-electron chi connectivity index (χ1n) is 6.54. The molecule has 0 aliphatic rings. The molecule has 18 heavy (non-hydrogen) atoms. The number of ether oxygens (including phenoxy) is 2. The van der Waals surface area contributed by atoms with E-state index in [0.717, 1.165) is 12.8 Å². The molecule has 0 bridgehead atoms. The summed E-state index contributed by atoms with van der Waals surface area (Å²) in [5.41, 5.74) is 0. The SMILES string of the molecule is CCCCO[C@@H](CC(=O)OC(C)C)CC(O)CCl. The smallest absolute Gasteiger partial charge is 0.308 e. The van der Waals surface area contributed by atoms with Crippen molar-refractivity contribution in [1.82, 2.24) is 0 Å². The number of hydrogen-bond acceptors (Lipinski definition) is 4. The molecule has 0 spiro atoms. The van der Waals surface area contributed by atoms with Crippen LogP contribution < -0.4 is 0 Å². The predicted octanol–water partition coefficient (Wildman–Crippen LogP) is 2.50. The van der Waals surface area contributed by atoms with E-state index in [0.29, 0.717) is 13.0 Å². The van der Waals surface area contributed by atoms with E-state index >= 15 is 0 Å². The first-order valence-corrected chi connectivity index (χ1v) is 7.08. The molecular formula is C13H25ClO4. The normalized spacial score (nSPS) is 14.6. The maximum absolute atomic E-state index is 11.5. The highest BCUT2D eigenvalue weighted by atomic mass is 35.5. The fourth-order valence-corrected chi connectivity index (χ4v) is 1.59. The van der Waals surface area contributed by atoms with E-state index in [2.05, 4.69) is 6.92 Å². The van der Waals surface area contributed by atoms with Crippen molar-refractivity contribution in [1.29, 1.82) is 0 Å². The third-order valence-corrected chi connectivity index (χ3v) is 2.68. The van der Waals surface area contributed by atoms with Gasteiger partial charge in [-0.1, -0.05) is 13.3 Å². The van der Waals surface area contributed by atoms with Crippen LogP contribution in [0.5, 0.6) is 0 Å². The number of halogens is 1. The van der Waals surface area contributed by atoms with Crippen LogP contribution in [0.3, 0.4) is 0 Å². The van der Waals surface area contributed by atoms with Gasteiger partial charge in [0.1, 0.15) is 0 Å². The fraction of sp³-hybridized carbons (Fsp3) is 0.923. The summed E-state index contributed by atoms with van der Waals surface area (Å²) in [6, 6.07) is 0. The van der Waals surface area contributed by atoms with E-state index in [-0.39, 0.29) is 30.5 Å². The maximum Gasteiger partial charge on any atom is 0.308 e. The molecule has 5 heteroatoms. The Morgan fingerprint density at radius 2 is 2.06 bits per heavy atom. The molecule has 0 aromatic rings. The highest BCUT2D eigenvalue weighted by Gasteiger charge is 2.19. The molecule has 2 atom stereocenters. The summed E-state index contributed by atoms with van der Waals surface area (Å²) in [4.78, 5) is 11.5. The fourth-order valence-electron chi connectivity index (χ4n) is 1.47. The lowest BCUT2D eigenvalue weighted by atomic mass is 10.1. The zero-order chi connectivity index (χ0) is 14.0. The van der Waals surface area contributed by atoms with Gasteiger partial charge in [-0.05, 0) is 20.3 Å². The minimum Gasteiger partial charge on any atom is -0.463 e. The summed E-state index contributed by atoms with van der Waals surface area (Å²) >= 11 is 5.56. The first-order chi connectivity index (χ1) is 8.49. The van der Waals surface area contributed by atoms with E-state index in [1.165, 1.54) is 0 Å². The van der Waals surface area contributed by atoms with Crippen molar-refractivity contribution in [2.45, 2.75) is 64.8 Å². The van der Waals surface area contributed by atoms with E-state index in [9.17, 15) is 9.90 Å². The summed E-state index contributed by atoms with van der Waals surface area (Å²) in [7, 11) is 0. The monoisotopic (exact) mass is 280 g/mol. The molecule has 0 aliphatic heterocycles. The van der Waals surface area contributed by atoms with Crippen molar-refractivity contribution in [2.24, 2.45) is 0 Å². The molecule has 108 valence electrons. The Hall–Kier alpha value is -0.320. The number of esters is 1. The highest BCUT2D eigenvalue weighted by molar-refractivity contribution is 6.18. The summed E-state index contributed by atoms with van der Waals surface area (Å²) in [5.74, 6) is -0.152. The quantitative estimate of drug-likeness (QED) is 0.379. The van der Waals surface area contributed by atoms with E-state index in [1.807, 2.05) is 0 Å². The number of hydrogen-bond donors (Lipinski definition) is 1. The molecule has 0 saturated heterocycles. The number of carbonyl (C=O) groups is 1. The molecular weight excluding hydrogens is 256 g/mol. The Morgan fingerprint density at radius 1 is 1.39 bits per heavy atom. The Labute approximate surface area is 115 Å². The minimum atomic E-state index is -0.648. The summed E-state index contributed by atoms with van der Waals surface area (Å²) in [6.07, 6.45) is 1.39. The van der Waals surface area contributed by atoms with Crippen molar-refractivity contribution in [3.8, 4) is 0 Å². The second kappa shape index (κ2) is 10.6. The van der Waals surface area contributed by atoms with Crippen molar-refractivity contribution in [3.05, 3.63) is 0 Å². The number of carbonyl (C=O) groups excluding carboxylic acids is 1. The molecule has 4 nitrogen and oxygen atoms in total. The van der Waals surface area contributed by atoms with Crippen molar-refractivity contribution in [3.63, 3.8) is 0 Å². The Kier molecular flexibility index (Phi) is 10.4. The Bertz CT molecular complexity index is 221. The first kappa shape index (κ1) is 17.7. The Morgan fingerprint density at radius 3 is 2.56 bits per heavy atom. The van der Waals surface area contributed by atoms with Gasteiger partial charge >= 0.3 is 5.97 Å². The molecule has 0 aliphatic carbocycles. The van der Waals surface area contributed by atoms with Crippen molar-refractivity contribution < 1.29 is 19.4 Å². The van der Waals surface area contributed by atoms with Crippen LogP contribution in [0.2, 0.25) is 0 Å². The van der Waals surface area contributed by atoms with E-state index in [4.69, 9.17) is 21.1 Å². The van der Waals surface area contributed by atoms with Crippen LogP contribution >= 0.6 is 11.6 Å². The average molecular weight is 281 g/mol. The summed E-state index contributed by atoms with van der Waals surface area (Å²) in [5, 5.41) is 9.52. The maximum atomic E-state index is 11.5. The summed E-state index contributed by atoms with van der Waals surface area (Å²) < 4.78 is 10.7. The zero-order valence-electron chi connectivity index (χ0n) is 11.5. The number of aliphatic hydroxyl groups excluding tert-OH is 1. The topological polar surface area (TPSA) is 55.8 Å². The van der Waals surface area contributed by atoms with Gasteiger partial charge in [0.15, 0.2) is 0 Å². The minimum absolute atomic E-state index is 0.133. The van der Waals surface area contributed by atoms with Gasteiger partial charge in [0, 0.05) is 18.9 Å². The molecule has 0 aromatic carbocycles. The molecule has 0 saturated carbocycles. The van der Waals surface area contributed by atoms with Gasteiger partial charge in [-0.25, -0.2) is 0 Å². The van der Waals surface area contributed by atoms with Gasteiger partial charge in [-0.3, -0.25) is 4.79 Å². The zero-order valence-corrected chi connectivity index (χ0v) is 12.3. The van der Waals surface area contributed by atoms with Gasteiger partial charge in [0.05, 0.1) is 24.7 Å². The largest absolute Gasteiger partial charge is 0.463 e. The van der Waals surface area contributed by atoms with Crippen LogP contribution in [-0.2, 0) is 14.3 Å². The van der Waals surface area contributed by atoms with E-state index < -0.39 is 6.10 Å². The summed E-state index contributed by atoms with van der Waals surface area (Å²) in [6.45, 7) is 6.26. The number of unbranched alkanes of at least 4 members (excludes halogenated alkanes) is 1. The van der Waals surface area contributed by atoms with Gasteiger partial charge in [-0.2, -0.15) is 0 Å². The third kappa shape index (κ3) is 9.68. The lowest BCUT2D eigenvalue weighted by Crippen LogP contribution is -2.27. The van der Waals surface area contributed by atoms with Gasteiger partial charge < -0.3 is 14.6 Å². The molecule has 0 fully saturated rings. The van der Waals surface area contributed by atoms with Crippen LogP contribution in [0.1, 0.15) is 46.5 Å². The van der Waals surface area contributed by atoms with Crippen LogP contribution in [0, 0.1) is 0 Å². The molecule has 0 radical (unpaired) electrons. The third-order valence-electron chi connectivity index (χ3n) is 2.33. The molecule has 1 N–H and O–H groups in total. The average Bonchev–Trinajstić information content (AvgIpc) is 2.27. The van der Waals surface area contributed by atoms with Crippen LogP contribution in [0.15, 0.2) is 0 Å². The Balaban J connectivity index is 4.14. The molecule has 0 aromatic heterocycles. The molecule has 0 amide bonds. The standard InChI is InChI=1S/C13H25ClO4/c1-4-5-6-17-12(7-11(15)9-14)8-13(16)18-10(2)3/h10-12,15H,4-9H2,1-3H3/t11?,12-/m1/s1. The second-order valence-electron chi connectivity index (χ2n) is 4.63. The van der Waals surface area contributed by atoms with Crippen LogP contribution in [-0.4, -0.2) is 41.9 Å². The number of alkyl halides is 1. The molecule has 1 unspecified atom stereocenters. The highest BCUT2D eigenvalue weighted by Crippen LogP contribution is 2.11. The molecule has 0 rings (SSSR count). The van der Waals surface area contributed by atoms with Crippen molar-refractivity contribution in [2.75, 3.05) is 12.5 Å². The van der Waals surface area contributed by atoms with Gasteiger partial charge in [0.2, 0.25) is 0 Å². The predicted molar refractivity (Wildman–Crippen MR) is 71.8 cm³/mol. The van der Waals surface area contributed by atoms with E-state index in [1.54, 1.807) is 13.8 Å².